The monoisotopic (exact) mass is 526 g/mol. The van der Waals surface area contributed by atoms with E-state index in [-0.39, 0.29) is 10.6 Å². The first-order valence-corrected chi connectivity index (χ1v) is 16.8. The molecule has 2 nitrogen and oxygen atoms in total. The van der Waals surface area contributed by atoms with Crippen LogP contribution in [0, 0.1) is 23.7 Å². The Bertz CT molecular complexity index is 908. The number of benzene rings is 1. The molecule has 0 spiro atoms. The highest BCUT2D eigenvalue weighted by Crippen LogP contribution is 2.65. The van der Waals surface area contributed by atoms with Crippen molar-refractivity contribution in [3.05, 3.63) is 34.9 Å². The zero-order valence-corrected chi connectivity index (χ0v) is 25.6. The molecule has 7 rings (SSSR count). The molecular formula is C32H52N2P2. The van der Waals surface area contributed by atoms with Crippen LogP contribution in [0.3, 0.4) is 0 Å². The van der Waals surface area contributed by atoms with Crippen LogP contribution in [0.4, 0.5) is 0 Å². The molecule has 200 valence electrons. The highest BCUT2D eigenvalue weighted by molar-refractivity contribution is 7.18. The number of nitrogens with one attached hydrogen (secondary N) is 2. The Labute approximate surface area is 226 Å². The maximum Gasteiger partial charge on any atom is 0.0405 e. The minimum Gasteiger partial charge on any atom is -0.313 e. The third-order valence-corrected chi connectivity index (χ3v) is 13.1. The Kier molecular flexibility index (Phi) is 7.20. The average molecular weight is 527 g/mol. The van der Waals surface area contributed by atoms with Crippen LogP contribution in [0.1, 0.15) is 108 Å². The summed E-state index contributed by atoms with van der Waals surface area (Å²) in [6, 6.07) is 8.98. The minimum absolute atomic E-state index is 0.0478. The Morgan fingerprint density at radius 1 is 0.889 bits per heavy atom. The third kappa shape index (κ3) is 4.28. The molecule has 4 saturated carbocycles. The molecule has 4 aliphatic carbocycles. The van der Waals surface area contributed by atoms with E-state index in [1.165, 1.54) is 95.4 Å². The molecule has 7 atom stereocenters. The van der Waals surface area contributed by atoms with Gasteiger partial charge in [0.1, 0.15) is 0 Å². The summed E-state index contributed by atoms with van der Waals surface area (Å²) in [7, 11) is 6.77. The van der Waals surface area contributed by atoms with E-state index >= 15 is 0 Å². The van der Waals surface area contributed by atoms with Gasteiger partial charge in [-0.15, -0.1) is 18.5 Å². The summed E-state index contributed by atoms with van der Waals surface area (Å²) < 4.78 is 0. The van der Waals surface area contributed by atoms with Gasteiger partial charge in [0.25, 0.3) is 0 Å². The van der Waals surface area contributed by atoms with Crippen molar-refractivity contribution in [2.24, 2.45) is 23.7 Å². The molecular weight excluding hydrogens is 474 g/mol. The molecule has 2 N–H and O–H groups in total. The maximum absolute atomic E-state index is 4.07. The van der Waals surface area contributed by atoms with Crippen molar-refractivity contribution < 1.29 is 0 Å². The molecule has 0 aromatic heterocycles. The van der Waals surface area contributed by atoms with Crippen LogP contribution in [0.5, 0.6) is 0 Å². The number of hydrogen-bond acceptors (Lipinski definition) is 2. The predicted molar refractivity (Wildman–Crippen MR) is 161 cm³/mol. The van der Waals surface area contributed by atoms with E-state index in [1.807, 2.05) is 0 Å². The first kappa shape index (κ1) is 26.2. The second-order valence-corrected chi connectivity index (χ2v) is 16.0. The lowest BCUT2D eigenvalue weighted by atomic mass is 9.43. The first-order valence-electron chi connectivity index (χ1n) is 15.4. The lowest BCUT2D eigenvalue weighted by molar-refractivity contribution is -0.0525. The van der Waals surface area contributed by atoms with Crippen molar-refractivity contribution in [1.29, 1.82) is 0 Å². The van der Waals surface area contributed by atoms with E-state index in [4.69, 9.17) is 0 Å². The molecule has 0 amide bonds. The SMILES string of the molecule is CC(C)(C)c1ccc(C23CC4CC(CC(C4)C2CP)C3)c(C(P)(C2CCCCN2)C2CCCCN2)c1. The number of rotatable bonds is 5. The summed E-state index contributed by atoms with van der Waals surface area (Å²) >= 11 is 0. The Balaban J connectivity index is 1.55. The van der Waals surface area contributed by atoms with Crippen molar-refractivity contribution in [1.82, 2.24) is 10.6 Å². The fourth-order valence-electron chi connectivity index (χ4n) is 9.92. The van der Waals surface area contributed by atoms with Crippen molar-refractivity contribution in [2.75, 3.05) is 19.3 Å². The second kappa shape index (κ2) is 9.88. The van der Waals surface area contributed by atoms with Gasteiger partial charge in [-0.1, -0.05) is 51.8 Å². The van der Waals surface area contributed by atoms with Crippen molar-refractivity contribution in [3.8, 4) is 0 Å². The van der Waals surface area contributed by atoms with Gasteiger partial charge in [-0.2, -0.15) is 0 Å². The maximum atomic E-state index is 4.07. The van der Waals surface area contributed by atoms with Crippen LogP contribution in [0.2, 0.25) is 0 Å². The van der Waals surface area contributed by atoms with Crippen LogP contribution in [-0.4, -0.2) is 31.3 Å². The van der Waals surface area contributed by atoms with Gasteiger partial charge in [-0.3, -0.25) is 0 Å². The quantitative estimate of drug-likeness (QED) is 0.408. The van der Waals surface area contributed by atoms with Crippen molar-refractivity contribution >= 4 is 18.5 Å². The zero-order chi connectivity index (χ0) is 25.1. The van der Waals surface area contributed by atoms with Crippen LogP contribution in [0.25, 0.3) is 0 Å². The van der Waals surface area contributed by atoms with E-state index in [9.17, 15) is 0 Å². The fraction of sp³-hybridized carbons (Fsp3) is 0.812. The van der Waals surface area contributed by atoms with Crippen LogP contribution >= 0.6 is 18.5 Å². The van der Waals surface area contributed by atoms with E-state index < -0.39 is 0 Å². The summed E-state index contributed by atoms with van der Waals surface area (Å²) in [4.78, 5) is 0. The van der Waals surface area contributed by atoms with Crippen LogP contribution in [0.15, 0.2) is 18.2 Å². The molecule has 2 saturated heterocycles. The molecule has 1 aromatic rings. The second-order valence-electron chi connectivity index (χ2n) is 14.6. The Morgan fingerprint density at radius 3 is 2.00 bits per heavy atom. The topological polar surface area (TPSA) is 24.1 Å². The smallest absolute Gasteiger partial charge is 0.0405 e. The molecule has 6 aliphatic rings. The molecule has 4 bridgehead atoms. The molecule has 2 heterocycles. The molecule has 36 heavy (non-hydrogen) atoms. The molecule has 2 aliphatic heterocycles. The van der Waals surface area contributed by atoms with Gasteiger partial charge in [0.05, 0.1) is 0 Å². The fourth-order valence-corrected chi connectivity index (χ4v) is 11.6. The van der Waals surface area contributed by atoms with Gasteiger partial charge in [-0.05, 0) is 128 Å². The van der Waals surface area contributed by atoms with Gasteiger partial charge in [0, 0.05) is 17.2 Å². The standard InChI is InChI=1S/C32H52N2P2/c1-30(2,3)24-10-11-25(31-18-21-14-22(19-31)16-23(15-21)27(31)20-35)26(17-24)32(36,28-8-4-6-12-33-28)29-9-5-7-13-34-29/h10-11,17,21-23,27-29,33-34H,4-9,12-16,18-20,35-36H2,1-3H3. The van der Waals surface area contributed by atoms with Crippen molar-refractivity contribution in [3.63, 3.8) is 0 Å². The van der Waals surface area contributed by atoms with Gasteiger partial charge >= 0.3 is 0 Å². The van der Waals surface area contributed by atoms with E-state index in [2.05, 4.69) is 68.1 Å². The highest BCUT2D eigenvalue weighted by Gasteiger charge is 2.59. The Hall–Kier alpha value is -0.0000000000000000555. The largest absolute Gasteiger partial charge is 0.313 e. The van der Waals surface area contributed by atoms with Gasteiger partial charge < -0.3 is 10.6 Å². The third-order valence-electron chi connectivity index (χ3n) is 11.4. The molecule has 0 radical (unpaired) electrons. The van der Waals surface area contributed by atoms with Gasteiger partial charge in [0.2, 0.25) is 0 Å². The van der Waals surface area contributed by atoms with E-state index in [0.717, 1.165) is 23.7 Å². The summed E-state index contributed by atoms with van der Waals surface area (Å²) in [5, 5.41) is 8.20. The summed E-state index contributed by atoms with van der Waals surface area (Å²) in [5.74, 6) is 3.71. The van der Waals surface area contributed by atoms with E-state index in [0.29, 0.717) is 17.5 Å². The highest BCUT2D eigenvalue weighted by atomic mass is 31.0. The molecule has 1 aromatic carbocycles. The lowest BCUT2D eigenvalue weighted by Crippen LogP contribution is -2.61. The van der Waals surface area contributed by atoms with Crippen LogP contribution in [-0.2, 0) is 16.0 Å². The van der Waals surface area contributed by atoms with E-state index in [1.54, 1.807) is 11.1 Å². The summed E-state index contributed by atoms with van der Waals surface area (Å²) in [6.45, 7) is 9.57. The number of piperidine rings is 2. The van der Waals surface area contributed by atoms with Gasteiger partial charge in [-0.25, -0.2) is 0 Å². The molecule has 4 heteroatoms. The lowest BCUT2D eigenvalue weighted by Gasteiger charge is -2.63. The predicted octanol–water partition coefficient (Wildman–Crippen LogP) is 6.91. The van der Waals surface area contributed by atoms with Gasteiger partial charge in [0.15, 0.2) is 0 Å². The average Bonchev–Trinajstić information content (AvgIpc) is 2.88. The number of hydrogen-bond donors (Lipinski definition) is 2. The minimum atomic E-state index is 0.0478. The van der Waals surface area contributed by atoms with Crippen LogP contribution < -0.4 is 10.6 Å². The summed E-state index contributed by atoms with van der Waals surface area (Å²) in [6.07, 6.45) is 16.7. The zero-order valence-electron chi connectivity index (χ0n) is 23.3. The first-order chi connectivity index (χ1) is 17.3. The molecule has 7 unspecified atom stereocenters. The summed E-state index contributed by atoms with van der Waals surface area (Å²) in [5.41, 5.74) is 5.53. The van der Waals surface area contributed by atoms with Crippen molar-refractivity contribution in [2.45, 2.75) is 119 Å². The Morgan fingerprint density at radius 2 is 1.50 bits per heavy atom. The normalized spacial score (nSPS) is 40.2. The molecule has 6 fully saturated rings.